The maximum absolute atomic E-state index is 12.1. The minimum atomic E-state index is -0.0703. The fourth-order valence-corrected chi connectivity index (χ4v) is 3.48. The molecule has 1 amide bonds. The van der Waals surface area contributed by atoms with E-state index in [0.717, 1.165) is 18.1 Å². The number of nitrogens with one attached hydrogen (secondary N) is 3. The SMILES string of the molecule is CN=C(NCCC(=O)Nc1ccc(C)cn1)NCC1(c2ccccc2)CCC1.I. The number of nitrogens with zero attached hydrogens (tertiary/aromatic N) is 2. The Bertz CT molecular complexity index is 804. The van der Waals surface area contributed by atoms with E-state index >= 15 is 0 Å². The maximum Gasteiger partial charge on any atom is 0.227 e. The van der Waals surface area contributed by atoms with Gasteiger partial charge in [-0.25, -0.2) is 4.98 Å². The molecule has 0 unspecified atom stereocenters. The predicted molar refractivity (Wildman–Crippen MR) is 129 cm³/mol. The van der Waals surface area contributed by atoms with Crippen LogP contribution < -0.4 is 16.0 Å². The monoisotopic (exact) mass is 507 g/mol. The second-order valence-electron chi connectivity index (χ2n) is 7.37. The van der Waals surface area contributed by atoms with Gasteiger partial charge in [-0.2, -0.15) is 0 Å². The van der Waals surface area contributed by atoms with Crippen LogP contribution in [-0.2, 0) is 10.2 Å². The summed E-state index contributed by atoms with van der Waals surface area (Å²) in [6.45, 7) is 3.32. The Hall–Kier alpha value is -2.16. The summed E-state index contributed by atoms with van der Waals surface area (Å²) in [7, 11) is 1.75. The van der Waals surface area contributed by atoms with E-state index in [9.17, 15) is 4.79 Å². The number of aryl methyl sites for hydroxylation is 1. The minimum Gasteiger partial charge on any atom is -0.356 e. The summed E-state index contributed by atoms with van der Waals surface area (Å²) in [4.78, 5) is 20.5. The number of halogens is 1. The Morgan fingerprint density at radius 2 is 1.90 bits per heavy atom. The topological polar surface area (TPSA) is 78.4 Å². The number of carbonyl (C=O) groups is 1. The van der Waals surface area contributed by atoms with Crippen LogP contribution in [0.3, 0.4) is 0 Å². The molecule has 1 aliphatic rings. The van der Waals surface area contributed by atoms with Crippen molar-refractivity contribution >= 4 is 41.7 Å². The molecule has 1 aromatic carbocycles. The van der Waals surface area contributed by atoms with Crippen molar-refractivity contribution in [3.05, 3.63) is 59.8 Å². The average molecular weight is 507 g/mol. The van der Waals surface area contributed by atoms with E-state index in [1.165, 1.54) is 24.8 Å². The quantitative estimate of drug-likeness (QED) is 0.304. The number of aromatic nitrogens is 1. The Morgan fingerprint density at radius 3 is 2.48 bits per heavy atom. The molecule has 1 saturated carbocycles. The van der Waals surface area contributed by atoms with Gasteiger partial charge in [-0.1, -0.05) is 42.8 Å². The molecule has 29 heavy (non-hydrogen) atoms. The van der Waals surface area contributed by atoms with Crippen molar-refractivity contribution in [2.75, 3.05) is 25.5 Å². The molecule has 0 spiro atoms. The summed E-state index contributed by atoms with van der Waals surface area (Å²) >= 11 is 0. The first-order valence-electron chi connectivity index (χ1n) is 9.84. The van der Waals surface area contributed by atoms with E-state index in [4.69, 9.17) is 0 Å². The van der Waals surface area contributed by atoms with Gasteiger partial charge in [0.2, 0.25) is 5.91 Å². The van der Waals surface area contributed by atoms with Gasteiger partial charge in [0.25, 0.3) is 0 Å². The number of hydrogen-bond donors (Lipinski definition) is 3. The van der Waals surface area contributed by atoms with E-state index in [1.54, 1.807) is 13.2 Å². The van der Waals surface area contributed by atoms with Gasteiger partial charge < -0.3 is 16.0 Å². The molecule has 0 bridgehead atoms. The van der Waals surface area contributed by atoms with E-state index in [1.807, 2.05) is 19.1 Å². The van der Waals surface area contributed by atoms with Crippen molar-refractivity contribution in [1.29, 1.82) is 0 Å². The van der Waals surface area contributed by atoms with Crippen molar-refractivity contribution in [2.45, 2.75) is 38.0 Å². The lowest BCUT2D eigenvalue weighted by molar-refractivity contribution is -0.116. The van der Waals surface area contributed by atoms with Gasteiger partial charge >= 0.3 is 0 Å². The van der Waals surface area contributed by atoms with E-state index in [2.05, 4.69) is 56.3 Å². The molecule has 1 aromatic heterocycles. The summed E-state index contributed by atoms with van der Waals surface area (Å²) in [5.41, 5.74) is 2.64. The van der Waals surface area contributed by atoms with Crippen LogP contribution in [0.25, 0.3) is 0 Å². The van der Waals surface area contributed by atoms with Gasteiger partial charge in [0.05, 0.1) is 0 Å². The number of amides is 1. The Labute approximate surface area is 190 Å². The van der Waals surface area contributed by atoms with Crippen LogP contribution in [0.5, 0.6) is 0 Å². The van der Waals surface area contributed by atoms with Gasteiger partial charge in [-0.15, -0.1) is 24.0 Å². The van der Waals surface area contributed by atoms with Gasteiger partial charge in [0.1, 0.15) is 5.82 Å². The highest BCUT2D eigenvalue weighted by Gasteiger charge is 2.38. The summed E-state index contributed by atoms with van der Waals surface area (Å²) < 4.78 is 0. The fourth-order valence-electron chi connectivity index (χ4n) is 3.48. The molecule has 1 heterocycles. The van der Waals surface area contributed by atoms with Crippen molar-refractivity contribution < 1.29 is 4.79 Å². The van der Waals surface area contributed by atoms with E-state index < -0.39 is 0 Å². The van der Waals surface area contributed by atoms with Crippen LogP contribution in [0.4, 0.5) is 5.82 Å². The molecule has 0 aliphatic heterocycles. The van der Waals surface area contributed by atoms with Crippen LogP contribution in [0.2, 0.25) is 0 Å². The van der Waals surface area contributed by atoms with E-state index in [0.29, 0.717) is 18.8 Å². The molecule has 0 atom stereocenters. The number of rotatable bonds is 7. The van der Waals surface area contributed by atoms with Gasteiger partial charge in [0.15, 0.2) is 5.96 Å². The molecule has 0 radical (unpaired) electrons. The third-order valence-corrected chi connectivity index (χ3v) is 5.34. The number of aliphatic imine (C=N–C) groups is 1. The van der Waals surface area contributed by atoms with Crippen LogP contribution in [0.15, 0.2) is 53.7 Å². The van der Waals surface area contributed by atoms with Crippen LogP contribution >= 0.6 is 24.0 Å². The highest BCUT2D eigenvalue weighted by atomic mass is 127. The van der Waals surface area contributed by atoms with Gasteiger partial charge in [-0.3, -0.25) is 9.79 Å². The highest BCUT2D eigenvalue weighted by Crippen LogP contribution is 2.43. The smallest absolute Gasteiger partial charge is 0.227 e. The van der Waals surface area contributed by atoms with Crippen molar-refractivity contribution in [3.63, 3.8) is 0 Å². The first kappa shape index (κ1) is 23.1. The molecule has 3 N–H and O–H groups in total. The molecule has 0 saturated heterocycles. The average Bonchev–Trinajstić information content (AvgIpc) is 2.68. The van der Waals surface area contributed by atoms with Crippen LogP contribution in [-0.4, -0.2) is 37.0 Å². The number of pyridine rings is 1. The van der Waals surface area contributed by atoms with Gasteiger partial charge in [-0.05, 0) is 37.0 Å². The lowest BCUT2D eigenvalue weighted by atomic mass is 9.64. The van der Waals surface area contributed by atoms with E-state index in [-0.39, 0.29) is 35.3 Å². The number of carbonyl (C=O) groups excluding carboxylic acids is 1. The van der Waals surface area contributed by atoms with Crippen LogP contribution in [0, 0.1) is 6.92 Å². The molecule has 7 heteroatoms. The van der Waals surface area contributed by atoms with Crippen molar-refractivity contribution in [3.8, 4) is 0 Å². The summed E-state index contributed by atoms with van der Waals surface area (Å²) in [5, 5.41) is 9.47. The first-order chi connectivity index (χ1) is 13.6. The predicted octanol–water partition coefficient (Wildman–Crippen LogP) is 3.62. The number of anilines is 1. The Balaban J connectivity index is 0.00000300. The minimum absolute atomic E-state index is 0. The largest absolute Gasteiger partial charge is 0.356 e. The van der Waals surface area contributed by atoms with Crippen molar-refractivity contribution in [1.82, 2.24) is 15.6 Å². The number of benzene rings is 1. The highest BCUT2D eigenvalue weighted by molar-refractivity contribution is 14.0. The summed E-state index contributed by atoms with van der Waals surface area (Å²) in [6, 6.07) is 14.4. The first-order valence-corrected chi connectivity index (χ1v) is 9.84. The Kier molecular flexibility index (Phi) is 8.88. The lowest BCUT2D eigenvalue weighted by Crippen LogP contribution is -2.49. The fraction of sp³-hybridized carbons (Fsp3) is 0.409. The number of guanidine groups is 1. The second-order valence-corrected chi connectivity index (χ2v) is 7.37. The zero-order valence-corrected chi connectivity index (χ0v) is 19.4. The Morgan fingerprint density at radius 1 is 1.14 bits per heavy atom. The molecule has 1 aliphatic carbocycles. The lowest BCUT2D eigenvalue weighted by Gasteiger charge is -2.43. The molecule has 1 fully saturated rings. The van der Waals surface area contributed by atoms with Gasteiger partial charge in [0, 0.05) is 38.2 Å². The molecule has 2 aromatic rings. The zero-order valence-electron chi connectivity index (χ0n) is 17.1. The third kappa shape index (κ3) is 6.42. The molecule has 3 rings (SSSR count). The van der Waals surface area contributed by atoms with Crippen LogP contribution in [0.1, 0.15) is 36.8 Å². The standard InChI is InChI=1S/C22H29N5O.HI/c1-17-9-10-19(25-15-17)27-20(28)11-14-24-21(23-2)26-16-22(12-6-13-22)18-7-4-3-5-8-18;/h3-5,7-10,15H,6,11-14,16H2,1-2H3,(H2,23,24,26)(H,25,27,28);1H. The molecular weight excluding hydrogens is 477 g/mol. The normalized spacial score (nSPS) is 14.9. The second kappa shape index (κ2) is 11.1. The molecule has 156 valence electrons. The maximum atomic E-state index is 12.1. The number of hydrogen-bond acceptors (Lipinski definition) is 3. The zero-order chi connectivity index (χ0) is 19.8. The molecular formula is C22H30IN5O. The summed E-state index contributed by atoms with van der Waals surface area (Å²) in [6.07, 6.45) is 5.72. The molecule has 6 nitrogen and oxygen atoms in total. The summed E-state index contributed by atoms with van der Waals surface area (Å²) in [5.74, 6) is 1.23. The third-order valence-electron chi connectivity index (χ3n) is 5.34. The van der Waals surface area contributed by atoms with Crippen molar-refractivity contribution in [2.24, 2.45) is 4.99 Å².